The van der Waals surface area contributed by atoms with Crippen molar-refractivity contribution in [1.29, 1.82) is 0 Å². The highest BCUT2D eigenvalue weighted by molar-refractivity contribution is 5.96. The Morgan fingerprint density at radius 3 is 2.65 bits per heavy atom. The Kier molecular flexibility index (Phi) is 4.87. The zero-order valence-corrected chi connectivity index (χ0v) is 12.0. The van der Waals surface area contributed by atoms with Crippen LogP contribution < -0.4 is 10.6 Å². The maximum atomic E-state index is 12.0. The Labute approximate surface area is 119 Å². The molecule has 1 aromatic rings. The van der Waals surface area contributed by atoms with Crippen LogP contribution in [0, 0.1) is 0 Å². The van der Waals surface area contributed by atoms with Crippen molar-refractivity contribution in [2.45, 2.75) is 19.9 Å². The van der Waals surface area contributed by atoms with Crippen molar-refractivity contribution >= 4 is 17.4 Å². The van der Waals surface area contributed by atoms with Gasteiger partial charge in [-0.15, -0.1) is 0 Å². The number of carbonyl (C=O) groups is 2. The molecule has 1 amide bonds. The lowest BCUT2D eigenvalue weighted by Crippen LogP contribution is -2.51. The second-order valence-electron chi connectivity index (χ2n) is 5.21. The highest BCUT2D eigenvalue weighted by Crippen LogP contribution is 2.10. The summed E-state index contributed by atoms with van der Waals surface area (Å²) in [5, 5.41) is 6.16. The number of hydrogen-bond donors (Lipinski definition) is 2. The number of nitrogens with one attached hydrogen (secondary N) is 2. The van der Waals surface area contributed by atoms with Crippen molar-refractivity contribution in [2.24, 2.45) is 0 Å². The van der Waals surface area contributed by atoms with Crippen LogP contribution in [0.25, 0.3) is 0 Å². The second kappa shape index (κ2) is 6.63. The Hall–Kier alpha value is -1.72. The number of carbonyl (C=O) groups excluding carboxylic acids is 2. The topological polar surface area (TPSA) is 61.4 Å². The SMILES string of the molecule is CC(=O)c1ccc(NC(=O)CN2CCNC[C@@H]2C)cc1. The molecule has 0 unspecified atom stereocenters. The lowest BCUT2D eigenvalue weighted by atomic mass is 10.1. The van der Waals surface area contributed by atoms with Crippen molar-refractivity contribution in [3.05, 3.63) is 29.8 Å². The molecule has 5 nitrogen and oxygen atoms in total. The van der Waals surface area contributed by atoms with Crippen LogP contribution in [-0.4, -0.2) is 48.8 Å². The fourth-order valence-corrected chi connectivity index (χ4v) is 2.29. The van der Waals surface area contributed by atoms with Crippen LogP contribution in [0.4, 0.5) is 5.69 Å². The number of benzene rings is 1. The summed E-state index contributed by atoms with van der Waals surface area (Å²) >= 11 is 0. The molecule has 0 aliphatic carbocycles. The van der Waals surface area contributed by atoms with Crippen LogP contribution in [0.5, 0.6) is 0 Å². The number of rotatable bonds is 4. The first kappa shape index (κ1) is 14.7. The molecule has 1 aliphatic rings. The van der Waals surface area contributed by atoms with Crippen LogP contribution >= 0.6 is 0 Å². The molecule has 0 aromatic heterocycles. The molecule has 0 saturated carbocycles. The van der Waals surface area contributed by atoms with E-state index in [1.165, 1.54) is 6.92 Å². The van der Waals surface area contributed by atoms with Crippen molar-refractivity contribution in [3.63, 3.8) is 0 Å². The first-order chi connectivity index (χ1) is 9.56. The maximum absolute atomic E-state index is 12.0. The van der Waals surface area contributed by atoms with Gasteiger partial charge in [-0.05, 0) is 38.1 Å². The number of amides is 1. The molecule has 1 fully saturated rings. The van der Waals surface area contributed by atoms with Gasteiger partial charge in [-0.2, -0.15) is 0 Å². The number of ketones is 1. The fourth-order valence-electron chi connectivity index (χ4n) is 2.29. The molecule has 2 N–H and O–H groups in total. The molecular formula is C15H21N3O2. The summed E-state index contributed by atoms with van der Waals surface area (Å²) in [6.45, 7) is 6.77. The highest BCUT2D eigenvalue weighted by Gasteiger charge is 2.20. The van der Waals surface area contributed by atoms with Crippen molar-refractivity contribution in [3.8, 4) is 0 Å². The lowest BCUT2D eigenvalue weighted by Gasteiger charge is -2.33. The van der Waals surface area contributed by atoms with E-state index in [0.29, 0.717) is 18.2 Å². The monoisotopic (exact) mass is 275 g/mol. The van der Waals surface area contributed by atoms with Crippen LogP contribution in [-0.2, 0) is 4.79 Å². The van der Waals surface area contributed by atoms with Gasteiger partial charge in [-0.1, -0.05) is 0 Å². The van der Waals surface area contributed by atoms with Crippen LogP contribution in [0.2, 0.25) is 0 Å². The minimum atomic E-state index is -0.0191. The summed E-state index contributed by atoms with van der Waals surface area (Å²) in [5.41, 5.74) is 1.38. The van der Waals surface area contributed by atoms with Gasteiger partial charge in [0.1, 0.15) is 0 Å². The normalized spacial score (nSPS) is 19.6. The van der Waals surface area contributed by atoms with Crippen molar-refractivity contribution in [1.82, 2.24) is 10.2 Å². The summed E-state index contributed by atoms with van der Waals surface area (Å²) in [5.74, 6) is 0.00634. The zero-order valence-electron chi connectivity index (χ0n) is 12.0. The molecule has 108 valence electrons. The van der Waals surface area contributed by atoms with Crippen LogP contribution in [0.3, 0.4) is 0 Å². The molecule has 0 radical (unpaired) electrons. The van der Waals surface area contributed by atoms with Gasteiger partial charge in [-0.25, -0.2) is 0 Å². The first-order valence-electron chi connectivity index (χ1n) is 6.92. The average molecular weight is 275 g/mol. The molecule has 1 aromatic carbocycles. The van der Waals surface area contributed by atoms with E-state index in [4.69, 9.17) is 0 Å². The van der Waals surface area contributed by atoms with E-state index in [-0.39, 0.29) is 11.7 Å². The third-order valence-electron chi connectivity index (χ3n) is 3.56. The molecule has 1 aliphatic heterocycles. The van der Waals surface area contributed by atoms with Gasteiger partial charge in [0.25, 0.3) is 0 Å². The largest absolute Gasteiger partial charge is 0.325 e. The van der Waals surface area contributed by atoms with Gasteiger partial charge >= 0.3 is 0 Å². The molecule has 0 bridgehead atoms. The number of anilines is 1. The lowest BCUT2D eigenvalue weighted by molar-refractivity contribution is -0.118. The average Bonchev–Trinajstić information content (AvgIpc) is 2.42. The van der Waals surface area contributed by atoms with E-state index >= 15 is 0 Å². The molecule has 2 rings (SSSR count). The van der Waals surface area contributed by atoms with Crippen molar-refractivity contribution < 1.29 is 9.59 Å². The smallest absolute Gasteiger partial charge is 0.238 e. The van der Waals surface area contributed by atoms with E-state index < -0.39 is 0 Å². The predicted molar refractivity (Wildman–Crippen MR) is 79.0 cm³/mol. The molecule has 1 saturated heterocycles. The standard InChI is InChI=1S/C15H21N3O2/c1-11-9-16-7-8-18(11)10-15(20)17-14-5-3-13(4-6-14)12(2)19/h3-6,11,16H,7-10H2,1-2H3,(H,17,20)/t11-/m0/s1. The highest BCUT2D eigenvalue weighted by atomic mass is 16.2. The Bertz CT molecular complexity index is 484. The van der Waals surface area contributed by atoms with Gasteiger partial charge in [0.05, 0.1) is 6.54 Å². The van der Waals surface area contributed by atoms with Gasteiger partial charge < -0.3 is 10.6 Å². The van der Waals surface area contributed by atoms with E-state index in [1.807, 2.05) is 0 Å². The minimum absolute atomic E-state index is 0.0191. The molecule has 20 heavy (non-hydrogen) atoms. The second-order valence-corrected chi connectivity index (χ2v) is 5.21. The summed E-state index contributed by atoms with van der Waals surface area (Å²) < 4.78 is 0. The summed E-state index contributed by atoms with van der Waals surface area (Å²) in [4.78, 5) is 25.3. The first-order valence-corrected chi connectivity index (χ1v) is 6.92. The Morgan fingerprint density at radius 2 is 2.05 bits per heavy atom. The summed E-state index contributed by atoms with van der Waals surface area (Å²) in [7, 11) is 0. The number of hydrogen-bond acceptors (Lipinski definition) is 4. The molecule has 1 heterocycles. The van der Waals surface area contributed by atoms with Crippen LogP contribution in [0.15, 0.2) is 24.3 Å². The molecule has 5 heteroatoms. The van der Waals surface area contributed by atoms with Crippen LogP contribution in [0.1, 0.15) is 24.2 Å². The number of piperazine rings is 1. The quantitative estimate of drug-likeness (QED) is 0.808. The van der Waals surface area contributed by atoms with E-state index in [1.54, 1.807) is 24.3 Å². The Balaban J connectivity index is 1.89. The third kappa shape index (κ3) is 3.88. The minimum Gasteiger partial charge on any atom is -0.325 e. The van der Waals surface area contributed by atoms with E-state index in [9.17, 15) is 9.59 Å². The van der Waals surface area contributed by atoms with Crippen molar-refractivity contribution in [2.75, 3.05) is 31.5 Å². The predicted octanol–water partition coefficient (Wildman–Crippen LogP) is 1.12. The third-order valence-corrected chi connectivity index (χ3v) is 3.56. The van der Waals surface area contributed by atoms with Gasteiger partial charge in [0.2, 0.25) is 5.91 Å². The fraction of sp³-hybridized carbons (Fsp3) is 0.467. The zero-order chi connectivity index (χ0) is 14.5. The van der Waals surface area contributed by atoms with Gasteiger partial charge in [-0.3, -0.25) is 14.5 Å². The maximum Gasteiger partial charge on any atom is 0.238 e. The molecule has 0 spiro atoms. The molecular weight excluding hydrogens is 254 g/mol. The Morgan fingerprint density at radius 1 is 1.35 bits per heavy atom. The number of nitrogens with zero attached hydrogens (tertiary/aromatic N) is 1. The van der Waals surface area contributed by atoms with Gasteiger partial charge in [0, 0.05) is 36.9 Å². The summed E-state index contributed by atoms with van der Waals surface area (Å²) in [6, 6.07) is 7.34. The summed E-state index contributed by atoms with van der Waals surface area (Å²) in [6.07, 6.45) is 0. The number of Topliss-reactive ketones (excluding diaryl/α,β-unsaturated/α-hetero) is 1. The molecule has 1 atom stereocenters. The van der Waals surface area contributed by atoms with E-state index in [2.05, 4.69) is 22.5 Å². The van der Waals surface area contributed by atoms with E-state index in [0.717, 1.165) is 25.3 Å². The van der Waals surface area contributed by atoms with Gasteiger partial charge in [0.15, 0.2) is 5.78 Å².